The normalized spacial score (nSPS) is 10.6. The molecule has 0 atom stereocenters. The van der Waals surface area contributed by atoms with Gasteiger partial charge in [0.2, 0.25) is 5.82 Å². The van der Waals surface area contributed by atoms with Crippen LogP contribution in [0.2, 0.25) is 0 Å². The molecule has 0 saturated carbocycles. The number of aryl methyl sites for hydroxylation is 1. The molecule has 0 aromatic carbocycles. The van der Waals surface area contributed by atoms with Gasteiger partial charge in [0, 0.05) is 12.3 Å². The van der Waals surface area contributed by atoms with Crippen molar-refractivity contribution in [2.45, 2.75) is 6.92 Å². The molecule has 0 aliphatic heterocycles. The van der Waals surface area contributed by atoms with Gasteiger partial charge >= 0.3 is 0 Å². The molecule has 3 rings (SSSR count). The quantitative estimate of drug-likeness (QED) is 0.668. The summed E-state index contributed by atoms with van der Waals surface area (Å²) < 4.78 is 10.0. The summed E-state index contributed by atoms with van der Waals surface area (Å²) in [5, 5.41) is 7.64. The molecule has 6 heteroatoms. The molecule has 0 amide bonds. The number of rotatable bonds is 2. The highest BCUT2D eigenvalue weighted by atomic mass is 16.5. The van der Waals surface area contributed by atoms with Gasteiger partial charge in [-0.05, 0) is 19.1 Å². The number of nitrogens with zero attached hydrogens (tertiary/aromatic N) is 4. The molecular weight excluding hydrogens is 220 g/mol. The molecule has 0 fully saturated rings. The largest absolute Gasteiger partial charge is 0.361 e. The van der Waals surface area contributed by atoms with Gasteiger partial charge < -0.3 is 9.05 Å². The first-order valence-electron chi connectivity index (χ1n) is 5.02. The van der Waals surface area contributed by atoms with Crippen LogP contribution >= 0.6 is 0 Å². The lowest BCUT2D eigenvalue weighted by atomic mass is 10.3. The maximum atomic E-state index is 5.09. The van der Waals surface area contributed by atoms with E-state index in [-0.39, 0.29) is 0 Å². The minimum atomic E-state index is 0.322. The monoisotopic (exact) mass is 228 g/mol. The second-order valence-corrected chi connectivity index (χ2v) is 3.46. The third-order valence-electron chi connectivity index (χ3n) is 2.17. The maximum Gasteiger partial charge on any atom is 0.280 e. The standard InChI is InChI=1S/C11H8N4O2/c1-7-6-9(14-16-7)11-13-10(15-17-11)8-4-2-3-5-12-8/h2-6H,1H3. The van der Waals surface area contributed by atoms with Crippen molar-refractivity contribution in [2.24, 2.45) is 0 Å². The van der Waals surface area contributed by atoms with Crippen molar-refractivity contribution in [3.63, 3.8) is 0 Å². The molecule has 0 aliphatic carbocycles. The van der Waals surface area contributed by atoms with Crippen molar-refractivity contribution in [3.05, 3.63) is 36.2 Å². The fraction of sp³-hybridized carbons (Fsp3) is 0.0909. The first-order chi connectivity index (χ1) is 8.33. The third-order valence-corrected chi connectivity index (χ3v) is 2.17. The summed E-state index contributed by atoms with van der Waals surface area (Å²) >= 11 is 0. The van der Waals surface area contributed by atoms with Gasteiger partial charge in [-0.25, -0.2) is 0 Å². The molecule has 0 unspecified atom stereocenters. The Morgan fingerprint density at radius 1 is 1.06 bits per heavy atom. The number of hydrogen-bond donors (Lipinski definition) is 0. The SMILES string of the molecule is Cc1cc(-c2nc(-c3ccccn3)no2)no1. The highest BCUT2D eigenvalue weighted by Crippen LogP contribution is 2.20. The predicted molar refractivity (Wildman–Crippen MR) is 57.8 cm³/mol. The molecule has 0 bridgehead atoms. The second-order valence-electron chi connectivity index (χ2n) is 3.46. The molecule has 3 heterocycles. The summed E-state index contributed by atoms with van der Waals surface area (Å²) in [6, 6.07) is 7.22. The molecule has 84 valence electrons. The van der Waals surface area contributed by atoms with Gasteiger partial charge in [0.05, 0.1) is 0 Å². The molecule has 0 saturated heterocycles. The van der Waals surface area contributed by atoms with E-state index in [0.717, 1.165) is 0 Å². The molecule has 3 aromatic rings. The Morgan fingerprint density at radius 3 is 2.71 bits per heavy atom. The Hall–Kier alpha value is -2.50. The first-order valence-corrected chi connectivity index (χ1v) is 5.02. The number of pyridine rings is 1. The maximum absolute atomic E-state index is 5.09. The van der Waals surface area contributed by atoms with Gasteiger partial charge in [0.25, 0.3) is 5.89 Å². The van der Waals surface area contributed by atoms with Crippen LogP contribution in [0.15, 0.2) is 39.5 Å². The van der Waals surface area contributed by atoms with Gasteiger partial charge in [-0.1, -0.05) is 16.4 Å². The second kappa shape index (κ2) is 3.82. The van der Waals surface area contributed by atoms with E-state index in [0.29, 0.717) is 28.9 Å². The van der Waals surface area contributed by atoms with Gasteiger partial charge in [-0.3, -0.25) is 4.98 Å². The highest BCUT2D eigenvalue weighted by molar-refractivity contribution is 5.53. The Balaban J connectivity index is 1.99. The zero-order valence-electron chi connectivity index (χ0n) is 8.99. The van der Waals surface area contributed by atoms with Crippen molar-refractivity contribution in [1.29, 1.82) is 0 Å². The van der Waals surface area contributed by atoms with Gasteiger partial charge in [-0.15, -0.1) is 0 Å². The lowest BCUT2D eigenvalue weighted by molar-refractivity contribution is 0.390. The van der Waals surface area contributed by atoms with E-state index in [1.54, 1.807) is 19.2 Å². The van der Waals surface area contributed by atoms with Gasteiger partial charge in [0.15, 0.2) is 5.69 Å². The van der Waals surface area contributed by atoms with Crippen LogP contribution < -0.4 is 0 Å². The van der Waals surface area contributed by atoms with Crippen molar-refractivity contribution in [3.8, 4) is 23.1 Å². The van der Waals surface area contributed by atoms with E-state index in [4.69, 9.17) is 9.05 Å². The fourth-order valence-corrected chi connectivity index (χ4v) is 1.39. The van der Waals surface area contributed by atoms with Crippen LogP contribution in [0.1, 0.15) is 5.76 Å². The van der Waals surface area contributed by atoms with Crippen molar-refractivity contribution < 1.29 is 9.05 Å². The summed E-state index contributed by atoms with van der Waals surface area (Å²) in [6.45, 7) is 1.80. The zero-order valence-corrected chi connectivity index (χ0v) is 8.99. The molecule has 0 aliphatic rings. The summed E-state index contributed by atoms with van der Waals surface area (Å²) in [5.41, 5.74) is 1.18. The molecule has 0 N–H and O–H groups in total. The van der Waals surface area contributed by atoms with E-state index < -0.39 is 0 Å². The van der Waals surface area contributed by atoms with Crippen molar-refractivity contribution >= 4 is 0 Å². The fourth-order valence-electron chi connectivity index (χ4n) is 1.39. The highest BCUT2D eigenvalue weighted by Gasteiger charge is 2.14. The van der Waals surface area contributed by atoms with Crippen molar-refractivity contribution in [2.75, 3.05) is 0 Å². The van der Waals surface area contributed by atoms with E-state index in [2.05, 4.69) is 20.3 Å². The average Bonchev–Trinajstić information content (AvgIpc) is 2.98. The topological polar surface area (TPSA) is 77.8 Å². The molecule has 6 nitrogen and oxygen atoms in total. The van der Waals surface area contributed by atoms with Gasteiger partial charge in [0.1, 0.15) is 11.5 Å². The summed E-state index contributed by atoms with van der Waals surface area (Å²) in [5.74, 6) is 1.45. The van der Waals surface area contributed by atoms with Gasteiger partial charge in [-0.2, -0.15) is 4.98 Å². The van der Waals surface area contributed by atoms with Crippen LogP contribution in [-0.2, 0) is 0 Å². The molecular formula is C11H8N4O2. The van der Waals surface area contributed by atoms with Crippen molar-refractivity contribution in [1.82, 2.24) is 20.3 Å². The molecule has 17 heavy (non-hydrogen) atoms. The lowest BCUT2D eigenvalue weighted by Gasteiger charge is -1.88. The molecule has 0 radical (unpaired) electrons. The Labute approximate surface area is 96.3 Å². The van der Waals surface area contributed by atoms with Crippen LogP contribution in [-0.4, -0.2) is 20.3 Å². The Kier molecular flexibility index (Phi) is 2.18. The van der Waals surface area contributed by atoms with Crippen LogP contribution in [0.4, 0.5) is 0 Å². The minimum Gasteiger partial charge on any atom is -0.361 e. The molecule has 0 spiro atoms. The van der Waals surface area contributed by atoms with Crippen LogP contribution in [0.3, 0.4) is 0 Å². The number of hydrogen-bond acceptors (Lipinski definition) is 6. The summed E-state index contributed by atoms with van der Waals surface area (Å²) in [4.78, 5) is 8.33. The van der Waals surface area contributed by atoms with E-state index in [1.807, 2.05) is 18.2 Å². The zero-order chi connectivity index (χ0) is 11.7. The van der Waals surface area contributed by atoms with Crippen LogP contribution in [0.5, 0.6) is 0 Å². The molecule has 3 aromatic heterocycles. The van der Waals surface area contributed by atoms with E-state index >= 15 is 0 Å². The summed E-state index contributed by atoms with van der Waals surface area (Å²) in [6.07, 6.45) is 1.67. The first kappa shape index (κ1) is 9.71. The Bertz CT molecular complexity index is 630. The average molecular weight is 228 g/mol. The lowest BCUT2D eigenvalue weighted by Crippen LogP contribution is -1.84. The smallest absolute Gasteiger partial charge is 0.280 e. The number of aromatic nitrogens is 4. The predicted octanol–water partition coefficient (Wildman–Crippen LogP) is 2.10. The van der Waals surface area contributed by atoms with E-state index in [1.165, 1.54) is 0 Å². The minimum absolute atomic E-state index is 0.322. The summed E-state index contributed by atoms with van der Waals surface area (Å²) in [7, 11) is 0. The third kappa shape index (κ3) is 1.80. The van der Waals surface area contributed by atoms with Crippen LogP contribution in [0, 0.1) is 6.92 Å². The Morgan fingerprint density at radius 2 is 2.00 bits per heavy atom. The van der Waals surface area contributed by atoms with Crippen LogP contribution in [0.25, 0.3) is 23.1 Å². The van der Waals surface area contributed by atoms with E-state index in [9.17, 15) is 0 Å².